The van der Waals surface area contributed by atoms with Gasteiger partial charge in [0.05, 0.1) is 5.56 Å². The first-order valence-corrected chi connectivity index (χ1v) is 8.41. The van der Waals surface area contributed by atoms with Crippen LogP contribution < -0.4 is 10.2 Å². The summed E-state index contributed by atoms with van der Waals surface area (Å²) in [6.07, 6.45) is 2.66. The molecule has 0 fully saturated rings. The quantitative estimate of drug-likeness (QED) is 0.722. The summed E-state index contributed by atoms with van der Waals surface area (Å²) < 4.78 is 27.3. The highest BCUT2D eigenvalue weighted by Crippen LogP contribution is 2.23. The Morgan fingerprint density at radius 1 is 1.07 bits per heavy atom. The maximum absolute atomic E-state index is 13.7. The van der Waals surface area contributed by atoms with Crippen LogP contribution in [-0.4, -0.2) is 22.4 Å². The third-order valence-corrected chi connectivity index (χ3v) is 3.97. The molecule has 1 N–H and O–H groups in total. The number of nitrogens with one attached hydrogen (secondary N) is 1. The summed E-state index contributed by atoms with van der Waals surface area (Å²) in [6, 6.07) is 11.3. The van der Waals surface area contributed by atoms with Crippen LogP contribution >= 0.6 is 0 Å². The summed E-state index contributed by atoms with van der Waals surface area (Å²) in [4.78, 5) is 22.6. The van der Waals surface area contributed by atoms with Gasteiger partial charge in [-0.2, -0.15) is 0 Å². The largest absolute Gasteiger partial charge is 0.317 e. The predicted octanol–water partition coefficient (Wildman–Crippen LogP) is 4.47. The smallest absolute Gasteiger partial charge is 0.258 e. The molecule has 0 bridgehead atoms. The van der Waals surface area contributed by atoms with Gasteiger partial charge in [-0.15, -0.1) is 0 Å². The maximum Gasteiger partial charge on any atom is 0.258 e. The van der Waals surface area contributed by atoms with E-state index in [1.54, 1.807) is 0 Å². The molecule has 1 aromatic heterocycles. The van der Waals surface area contributed by atoms with Crippen LogP contribution in [0, 0.1) is 18.6 Å². The van der Waals surface area contributed by atoms with Crippen molar-refractivity contribution in [2.75, 3.05) is 16.8 Å². The van der Waals surface area contributed by atoms with Crippen molar-refractivity contribution in [3.63, 3.8) is 0 Å². The van der Waals surface area contributed by atoms with Gasteiger partial charge in [-0.25, -0.2) is 18.7 Å². The van der Waals surface area contributed by atoms with Crippen LogP contribution in [0.15, 0.2) is 54.9 Å². The number of nitrogens with zero attached hydrogens (tertiary/aromatic N) is 3. The van der Waals surface area contributed by atoms with Crippen molar-refractivity contribution in [2.45, 2.75) is 13.8 Å². The molecular formula is C20H18F2N4O. The minimum atomic E-state index is -0.850. The first kappa shape index (κ1) is 18.4. The minimum Gasteiger partial charge on any atom is -0.317 e. The van der Waals surface area contributed by atoms with Crippen LogP contribution in [-0.2, 0) is 0 Å². The monoisotopic (exact) mass is 368 g/mol. The Balaban J connectivity index is 1.81. The Kier molecular flexibility index (Phi) is 5.40. The number of amides is 1. The van der Waals surface area contributed by atoms with Crippen LogP contribution in [0.1, 0.15) is 22.8 Å². The Morgan fingerprint density at radius 3 is 2.30 bits per heavy atom. The van der Waals surface area contributed by atoms with Gasteiger partial charge in [0.2, 0.25) is 5.95 Å². The highest BCUT2D eigenvalue weighted by Gasteiger charge is 2.16. The summed E-state index contributed by atoms with van der Waals surface area (Å²) in [6.45, 7) is 4.59. The highest BCUT2D eigenvalue weighted by molar-refractivity contribution is 6.04. The zero-order valence-corrected chi connectivity index (χ0v) is 14.9. The Labute approximate surface area is 155 Å². The fourth-order valence-corrected chi connectivity index (χ4v) is 2.62. The van der Waals surface area contributed by atoms with E-state index in [1.807, 2.05) is 43.0 Å². The molecule has 3 aromatic rings. The molecule has 1 heterocycles. The molecule has 0 atom stereocenters. The lowest BCUT2D eigenvalue weighted by atomic mass is 10.2. The SMILES string of the molecule is CCN(c1cccc(C)c1)c1ncc(C(=O)Nc2c(F)cccc2F)cn1. The number of benzene rings is 2. The van der Waals surface area contributed by atoms with E-state index in [1.165, 1.54) is 18.5 Å². The molecule has 2 aromatic carbocycles. The molecule has 0 aliphatic rings. The Hall–Kier alpha value is -3.35. The molecule has 7 heteroatoms. The van der Waals surface area contributed by atoms with Crippen LogP contribution in [0.5, 0.6) is 0 Å². The minimum absolute atomic E-state index is 0.0988. The summed E-state index contributed by atoms with van der Waals surface area (Å²) in [5.74, 6) is -1.96. The van der Waals surface area contributed by atoms with E-state index in [4.69, 9.17) is 0 Å². The van der Waals surface area contributed by atoms with Gasteiger partial charge in [0.1, 0.15) is 17.3 Å². The standard InChI is InChI=1S/C20H18F2N4O/c1-3-26(15-7-4-6-13(2)10-15)20-23-11-14(12-24-20)19(27)25-18-16(21)8-5-9-17(18)22/h4-12H,3H2,1-2H3,(H,25,27). The fraction of sp³-hybridized carbons (Fsp3) is 0.150. The Bertz CT molecular complexity index is 940. The molecule has 0 unspecified atom stereocenters. The van der Waals surface area contributed by atoms with Gasteiger partial charge in [0.15, 0.2) is 0 Å². The van der Waals surface area contributed by atoms with E-state index in [0.29, 0.717) is 12.5 Å². The molecule has 5 nitrogen and oxygen atoms in total. The molecule has 27 heavy (non-hydrogen) atoms. The average molecular weight is 368 g/mol. The molecular weight excluding hydrogens is 350 g/mol. The normalized spacial score (nSPS) is 10.5. The molecule has 0 saturated carbocycles. The number of carbonyl (C=O) groups is 1. The molecule has 0 spiro atoms. The molecule has 1 amide bonds. The molecule has 138 valence electrons. The fourth-order valence-electron chi connectivity index (χ4n) is 2.62. The van der Waals surface area contributed by atoms with Crippen molar-refractivity contribution in [3.8, 4) is 0 Å². The van der Waals surface area contributed by atoms with Gasteiger partial charge in [0, 0.05) is 24.6 Å². The summed E-state index contributed by atoms with van der Waals surface area (Å²) in [5, 5.41) is 2.21. The number of hydrogen-bond donors (Lipinski definition) is 1. The molecule has 0 aliphatic carbocycles. The van der Waals surface area contributed by atoms with Crippen LogP contribution in [0.25, 0.3) is 0 Å². The third kappa shape index (κ3) is 4.08. The lowest BCUT2D eigenvalue weighted by molar-refractivity contribution is 0.102. The molecule has 0 aliphatic heterocycles. The van der Waals surface area contributed by atoms with E-state index in [9.17, 15) is 13.6 Å². The second-order valence-corrected chi connectivity index (χ2v) is 5.91. The van der Waals surface area contributed by atoms with Crippen LogP contribution in [0.2, 0.25) is 0 Å². The number of rotatable bonds is 5. The first-order chi connectivity index (χ1) is 13.0. The lowest BCUT2D eigenvalue weighted by Crippen LogP contribution is -2.20. The van der Waals surface area contributed by atoms with E-state index in [0.717, 1.165) is 23.4 Å². The number of carbonyl (C=O) groups excluding carboxylic acids is 1. The first-order valence-electron chi connectivity index (χ1n) is 8.41. The maximum atomic E-state index is 13.7. The number of hydrogen-bond acceptors (Lipinski definition) is 4. The second kappa shape index (κ2) is 7.90. The van der Waals surface area contributed by atoms with Crippen LogP contribution in [0.4, 0.5) is 26.1 Å². The van der Waals surface area contributed by atoms with Crippen molar-refractivity contribution in [1.29, 1.82) is 0 Å². The van der Waals surface area contributed by atoms with Crippen molar-refractivity contribution in [2.24, 2.45) is 0 Å². The van der Waals surface area contributed by atoms with E-state index in [2.05, 4.69) is 15.3 Å². The van der Waals surface area contributed by atoms with Gasteiger partial charge in [-0.05, 0) is 43.7 Å². The summed E-state index contributed by atoms with van der Waals surface area (Å²) >= 11 is 0. The van der Waals surface area contributed by atoms with Gasteiger partial charge in [0.25, 0.3) is 5.91 Å². The van der Waals surface area contributed by atoms with Gasteiger partial charge >= 0.3 is 0 Å². The van der Waals surface area contributed by atoms with E-state index in [-0.39, 0.29) is 5.56 Å². The Morgan fingerprint density at radius 2 is 1.70 bits per heavy atom. The highest BCUT2D eigenvalue weighted by atomic mass is 19.1. The molecule has 0 saturated heterocycles. The predicted molar refractivity (Wildman–Crippen MR) is 100 cm³/mol. The zero-order valence-electron chi connectivity index (χ0n) is 14.9. The number of para-hydroxylation sites is 1. The summed E-state index contributed by atoms with van der Waals surface area (Å²) in [7, 11) is 0. The lowest BCUT2D eigenvalue weighted by Gasteiger charge is -2.21. The van der Waals surface area contributed by atoms with E-state index >= 15 is 0 Å². The van der Waals surface area contributed by atoms with E-state index < -0.39 is 23.2 Å². The summed E-state index contributed by atoms with van der Waals surface area (Å²) in [5.41, 5.74) is 1.64. The average Bonchev–Trinajstić information content (AvgIpc) is 2.66. The topological polar surface area (TPSA) is 58.1 Å². The van der Waals surface area contributed by atoms with Gasteiger partial charge in [-0.1, -0.05) is 18.2 Å². The van der Waals surface area contributed by atoms with Crippen molar-refractivity contribution in [1.82, 2.24) is 9.97 Å². The number of halogens is 2. The van der Waals surface area contributed by atoms with Crippen LogP contribution in [0.3, 0.4) is 0 Å². The molecule has 3 rings (SSSR count). The second-order valence-electron chi connectivity index (χ2n) is 5.91. The van der Waals surface area contributed by atoms with Gasteiger partial charge in [-0.3, -0.25) is 4.79 Å². The zero-order chi connectivity index (χ0) is 19.4. The molecule has 0 radical (unpaired) electrons. The van der Waals surface area contributed by atoms with Gasteiger partial charge < -0.3 is 10.2 Å². The van der Waals surface area contributed by atoms with Crippen molar-refractivity contribution >= 4 is 23.2 Å². The number of aromatic nitrogens is 2. The van der Waals surface area contributed by atoms with Crippen molar-refractivity contribution < 1.29 is 13.6 Å². The van der Waals surface area contributed by atoms with Crippen molar-refractivity contribution in [3.05, 3.63) is 77.6 Å². The number of anilines is 3. The third-order valence-electron chi connectivity index (χ3n) is 3.97. The number of aryl methyl sites for hydroxylation is 1.